The van der Waals surface area contributed by atoms with E-state index in [4.69, 9.17) is 4.55 Å². The van der Waals surface area contributed by atoms with Gasteiger partial charge in [-0.1, -0.05) is 44.7 Å². The van der Waals surface area contributed by atoms with Gasteiger partial charge in [0.15, 0.2) is 0 Å². The van der Waals surface area contributed by atoms with Gasteiger partial charge in [-0.3, -0.25) is 4.55 Å². The summed E-state index contributed by atoms with van der Waals surface area (Å²) in [4.78, 5) is -0.324. The summed E-state index contributed by atoms with van der Waals surface area (Å²) < 4.78 is 32.6. The molecule has 0 atom stereocenters. The molecule has 13 nitrogen and oxygen atoms in total. The number of nitrogens with zero attached hydrogens (tertiary/aromatic N) is 6. The molecular formula is C30H33Cu2N6O7S+. The number of rotatable bonds is 6. The molecule has 0 saturated heterocycles. The van der Waals surface area contributed by atoms with Gasteiger partial charge in [-0.25, -0.2) is 4.68 Å². The minimum absolute atomic E-state index is 0. The molecule has 1 heterocycles. The van der Waals surface area contributed by atoms with Crippen LogP contribution in [0.25, 0.3) is 16.8 Å². The Morgan fingerprint density at radius 1 is 0.804 bits per heavy atom. The van der Waals surface area contributed by atoms with Crippen LogP contribution < -0.4 is 15.3 Å². The predicted molar refractivity (Wildman–Crippen MR) is 159 cm³/mol. The first-order valence-electron chi connectivity index (χ1n) is 13.3. The van der Waals surface area contributed by atoms with Crippen LogP contribution in [0.2, 0.25) is 0 Å². The Balaban J connectivity index is 0.00000140. The minimum Gasteiger partial charge on any atom is -0.871 e. The Morgan fingerprint density at radius 3 is 1.80 bits per heavy atom. The van der Waals surface area contributed by atoms with Gasteiger partial charge >= 0.3 is 34.1 Å². The minimum atomic E-state index is -4.38. The number of benzene rings is 3. The van der Waals surface area contributed by atoms with Crippen LogP contribution in [0.1, 0.15) is 47.2 Å². The number of aryl methyl sites for hydroxylation is 1. The van der Waals surface area contributed by atoms with Crippen LogP contribution >= 0.6 is 0 Å². The number of aromatic hydroxyl groups is 1. The molecule has 46 heavy (non-hydrogen) atoms. The summed E-state index contributed by atoms with van der Waals surface area (Å²) in [6.07, 6.45) is 0. The van der Waals surface area contributed by atoms with Gasteiger partial charge in [-0.2, -0.15) is 23.7 Å². The molecule has 0 amide bonds. The standard InChI is InChI=1S/C26H26N6O6S.C4H9O.2Cu/c1-15-24(25(35)32(30-15)18-7-9-19(10-8-18)39(36,37)38)29-27-20-11-5-16(13-22(20)33)17-6-12-21(23(34)14-17)28-31-26(2,3)4;1-4(2,3)5;;/h5-14,33-35H,1-4H3,(H,36,37,38);1-3H3;;/q;-1;2*+2/p-2. The van der Waals surface area contributed by atoms with Crippen molar-refractivity contribution in [2.75, 3.05) is 0 Å². The van der Waals surface area contributed by atoms with Crippen molar-refractivity contribution in [1.82, 2.24) is 9.78 Å². The number of aromatic nitrogens is 2. The maximum Gasteiger partial charge on any atom is 2.00 e. The summed E-state index contributed by atoms with van der Waals surface area (Å²) in [6.45, 7) is 12.1. The van der Waals surface area contributed by atoms with Gasteiger partial charge in [0.05, 0.1) is 27.5 Å². The predicted octanol–water partition coefficient (Wildman–Crippen LogP) is 5.39. The fourth-order valence-corrected chi connectivity index (χ4v) is 3.90. The van der Waals surface area contributed by atoms with Crippen molar-refractivity contribution in [2.24, 2.45) is 20.5 Å². The zero-order chi connectivity index (χ0) is 33.0. The zero-order valence-electron chi connectivity index (χ0n) is 25.9. The smallest absolute Gasteiger partial charge is 0.871 e. The third-order valence-corrected chi connectivity index (χ3v) is 6.22. The maximum absolute atomic E-state index is 12.9. The molecular weight excluding hydrogens is 716 g/mol. The molecule has 4 rings (SSSR count). The number of azo groups is 2. The fraction of sp³-hybridized carbons (Fsp3) is 0.300. The van der Waals surface area contributed by atoms with Crippen molar-refractivity contribution in [3.8, 4) is 34.2 Å². The van der Waals surface area contributed by atoms with Crippen molar-refractivity contribution >= 4 is 27.2 Å². The second-order valence-corrected chi connectivity index (χ2v) is 13.1. The van der Waals surface area contributed by atoms with Crippen molar-refractivity contribution in [1.29, 1.82) is 0 Å². The molecule has 0 aliphatic carbocycles. The molecule has 0 aliphatic rings. The number of phenols is 1. The van der Waals surface area contributed by atoms with Gasteiger partial charge < -0.3 is 20.4 Å². The third-order valence-electron chi connectivity index (χ3n) is 5.35. The molecule has 0 saturated carbocycles. The van der Waals surface area contributed by atoms with Crippen LogP contribution in [-0.4, -0.2) is 39.0 Å². The maximum atomic E-state index is 12.9. The van der Waals surface area contributed by atoms with Gasteiger partial charge in [0, 0.05) is 5.88 Å². The van der Waals surface area contributed by atoms with Gasteiger partial charge in [0.25, 0.3) is 10.1 Å². The second-order valence-electron chi connectivity index (χ2n) is 11.7. The molecule has 0 fully saturated rings. The van der Waals surface area contributed by atoms with E-state index < -0.39 is 27.1 Å². The molecule has 0 bridgehead atoms. The topological polar surface area (TPSA) is 211 Å². The molecule has 2 radical (unpaired) electrons. The van der Waals surface area contributed by atoms with Gasteiger partial charge in [0.2, 0.25) is 0 Å². The van der Waals surface area contributed by atoms with Gasteiger partial charge in [0.1, 0.15) is 17.1 Å². The molecule has 252 valence electrons. The van der Waals surface area contributed by atoms with Crippen molar-refractivity contribution in [2.45, 2.75) is 64.5 Å². The molecule has 16 heteroatoms. The molecule has 0 unspecified atom stereocenters. The van der Waals surface area contributed by atoms with Gasteiger partial charge in [-0.05, 0) is 81.3 Å². The molecule has 4 aromatic rings. The molecule has 2 N–H and O–H groups in total. The van der Waals surface area contributed by atoms with Crippen molar-refractivity contribution < 1.29 is 67.5 Å². The third kappa shape index (κ3) is 11.6. The van der Waals surface area contributed by atoms with Crippen molar-refractivity contribution in [3.63, 3.8) is 0 Å². The summed E-state index contributed by atoms with van der Waals surface area (Å²) in [7, 11) is -4.38. The monoisotopic (exact) mass is 747 g/mol. The largest absolute Gasteiger partial charge is 2.00 e. The van der Waals surface area contributed by atoms with E-state index in [0.29, 0.717) is 11.1 Å². The van der Waals surface area contributed by atoms with E-state index in [1.807, 2.05) is 20.8 Å². The summed E-state index contributed by atoms with van der Waals surface area (Å²) in [6, 6.07) is 14.1. The van der Waals surface area contributed by atoms with Gasteiger partial charge in [-0.15, -0.1) is 15.8 Å². The summed E-state index contributed by atoms with van der Waals surface area (Å²) in [5.41, 5.74) is 0.689. The fourth-order valence-electron chi connectivity index (χ4n) is 3.42. The first kappa shape index (κ1) is 40.4. The van der Waals surface area contributed by atoms with E-state index in [9.17, 15) is 28.8 Å². The SMILES string of the molecule is CC(C)(C)[O-].Cc1nn(-c2ccc(S(=O)(=O)O)cc2)c([O-])c1N=Nc1ccc(-c2ccc(N=NC(C)(C)C)c([O-])c2)cc1O.[Cu+2].[Cu+2]. The zero-order valence-corrected chi connectivity index (χ0v) is 28.6. The number of phenolic OH excluding ortho intramolecular Hbond substituents is 1. The number of hydrogen-bond donors (Lipinski definition) is 2. The van der Waals surface area contributed by atoms with E-state index in [1.54, 1.807) is 45.9 Å². The Labute approximate surface area is 288 Å². The van der Waals surface area contributed by atoms with Crippen LogP contribution in [0.4, 0.5) is 17.1 Å². The number of hydrogen-bond acceptors (Lipinski definition) is 11. The summed E-state index contributed by atoms with van der Waals surface area (Å²) in [5.74, 6) is -1.15. The average molecular weight is 749 g/mol. The first-order valence-corrected chi connectivity index (χ1v) is 14.7. The van der Waals surface area contributed by atoms with Crippen LogP contribution in [0.5, 0.6) is 17.4 Å². The van der Waals surface area contributed by atoms with Crippen molar-refractivity contribution in [3.05, 3.63) is 66.4 Å². The summed E-state index contributed by atoms with van der Waals surface area (Å²) >= 11 is 0. The molecule has 3 aromatic carbocycles. The average Bonchev–Trinajstić information content (AvgIpc) is 3.18. The van der Waals surface area contributed by atoms with E-state index in [0.717, 1.165) is 16.8 Å². The van der Waals surface area contributed by atoms with Crippen LogP contribution in [0.3, 0.4) is 0 Å². The van der Waals surface area contributed by atoms with Crippen LogP contribution in [-0.2, 0) is 44.3 Å². The normalized spacial score (nSPS) is 11.9. The van der Waals surface area contributed by atoms with E-state index in [1.165, 1.54) is 30.3 Å². The van der Waals surface area contributed by atoms with Crippen LogP contribution in [0.15, 0.2) is 86.0 Å². The Bertz CT molecular complexity index is 1810. The van der Waals surface area contributed by atoms with E-state index in [-0.39, 0.29) is 79.0 Å². The summed E-state index contributed by atoms with van der Waals surface area (Å²) in [5, 5.41) is 66.1. The molecule has 1 aromatic heterocycles. The first-order chi connectivity index (χ1) is 20.2. The van der Waals surface area contributed by atoms with E-state index in [2.05, 4.69) is 25.6 Å². The Morgan fingerprint density at radius 2 is 1.33 bits per heavy atom. The Hall–Kier alpha value is -3.62. The van der Waals surface area contributed by atoms with E-state index >= 15 is 0 Å². The molecule has 0 spiro atoms. The second kappa shape index (κ2) is 15.8. The van der Waals surface area contributed by atoms with Crippen LogP contribution in [0, 0.1) is 6.92 Å². The quantitative estimate of drug-likeness (QED) is 0.148. The molecule has 0 aliphatic heterocycles. The Kier molecular flexibility index (Phi) is 13.9.